The first-order valence-corrected chi connectivity index (χ1v) is 16.7. The predicted octanol–water partition coefficient (Wildman–Crippen LogP) is 4.38. The molecule has 0 aliphatic heterocycles. The average Bonchev–Trinajstić information content (AvgIpc) is 3.53. The van der Waals surface area contributed by atoms with Gasteiger partial charge in [-0.1, -0.05) is 70.2 Å². The second-order valence-corrected chi connectivity index (χ2v) is 13.1. The number of carbonyl (C=O) groups excluding carboxylic acids is 1. The van der Waals surface area contributed by atoms with Crippen molar-refractivity contribution in [3.63, 3.8) is 0 Å². The quantitative estimate of drug-likeness (QED) is 0.110. The van der Waals surface area contributed by atoms with E-state index in [9.17, 15) is 19.5 Å². The first-order chi connectivity index (χ1) is 22.5. The zero-order valence-electron chi connectivity index (χ0n) is 28.4. The van der Waals surface area contributed by atoms with Gasteiger partial charge in [0, 0.05) is 23.5 Å². The summed E-state index contributed by atoms with van der Waals surface area (Å²) in [6, 6.07) is 16.3. The number of aliphatic hydroxyl groups is 1. The van der Waals surface area contributed by atoms with Crippen molar-refractivity contribution in [2.24, 2.45) is 35.0 Å². The minimum Gasteiger partial charge on any atom is -0.508 e. The molecule has 0 unspecified atom stereocenters. The molecular formula is C35H52N4O8S. The number of thiazole rings is 1. The lowest BCUT2D eigenvalue weighted by atomic mass is 9.97. The van der Waals surface area contributed by atoms with Crippen molar-refractivity contribution in [3.05, 3.63) is 81.8 Å². The Morgan fingerprint density at radius 2 is 1.27 bits per heavy atom. The van der Waals surface area contributed by atoms with Crippen LogP contribution in [-0.4, -0.2) is 68.6 Å². The molecule has 266 valence electrons. The lowest BCUT2D eigenvalue weighted by Gasteiger charge is -2.17. The number of aromatic hydroxyl groups is 1. The molecule has 0 radical (unpaired) electrons. The van der Waals surface area contributed by atoms with Crippen LogP contribution in [-0.2, 0) is 27.2 Å². The highest BCUT2D eigenvalue weighted by molar-refractivity contribution is 7.09. The van der Waals surface area contributed by atoms with Crippen LogP contribution in [0.25, 0.3) is 0 Å². The largest absolute Gasteiger partial charge is 0.508 e. The maximum absolute atomic E-state index is 11.2. The number of aliphatic hydroxyl groups excluding tert-OH is 1. The van der Waals surface area contributed by atoms with Gasteiger partial charge in [-0.2, -0.15) is 0 Å². The van der Waals surface area contributed by atoms with E-state index < -0.39 is 29.9 Å². The molecule has 0 bridgehead atoms. The van der Waals surface area contributed by atoms with Gasteiger partial charge in [0.05, 0.1) is 18.9 Å². The second-order valence-electron chi connectivity index (χ2n) is 12.3. The third kappa shape index (κ3) is 16.8. The Bertz CT molecular complexity index is 1370. The molecule has 10 N–H and O–H groups in total. The molecule has 6 atom stereocenters. The highest BCUT2D eigenvalue weighted by Crippen LogP contribution is 2.24. The number of hydrogen-bond donors (Lipinski definition) is 7. The van der Waals surface area contributed by atoms with Crippen LogP contribution in [0, 0.1) is 17.8 Å². The van der Waals surface area contributed by atoms with Crippen LogP contribution < -0.4 is 17.2 Å². The van der Waals surface area contributed by atoms with Crippen LogP contribution in [0.15, 0.2) is 60.0 Å². The molecule has 0 saturated heterocycles. The molecule has 1 aromatic heterocycles. The molecule has 0 saturated carbocycles. The molecule has 0 spiro atoms. The number of benzene rings is 2. The SMILES string of the molecule is COC(=O)c1csc([C@H](O)C[C@@H](N)C(C)C)n1.C[C@@H](C[C@@H](N)Cc1ccc(O)cc1)C(=O)O.C[C@@H](C[C@@H](N)Cc1ccccc1)C(=O)O. The van der Waals surface area contributed by atoms with Crippen molar-refractivity contribution in [2.75, 3.05) is 7.11 Å². The number of carboxylic acid groups (broad SMARTS) is 2. The summed E-state index contributed by atoms with van der Waals surface area (Å²) < 4.78 is 4.55. The fraction of sp³-hybridized carbons (Fsp3) is 0.486. The number of rotatable bonds is 15. The van der Waals surface area contributed by atoms with Gasteiger partial charge in [-0.15, -0.1) is 11.3 Å². The summed E-state index contributed by atoms with van der Waals surface area (Å²) in [6.45, 7) is 7.34. The molecule has 2 aromatic carbocycles. The van der Waals surface area contributed by atoms with Crippen molar-refractivity contribution in [1.29, 1.82) is 0 Å². The number of methoxy groups -OCH3 is 1. The summed E-state index contributed by atoms with van der Waals surface area (Å²) in [5.74, 6) is -2.37. The van der Waals surface area contributed by atoms with E-state index in [1.54, 1.807) is 43.5 Å². The van der Waals surface area contributed by atoms with Gasteiger partial charge in [0.2, 0.25) is 0 Å². The van der Waals surface area contributed by atoms with Gasteiger partial charge in [0.1, 0.15) is 16.9 Å². The first-order valence-electron chi connectivity index (χ1n) is 15.8. The molecule has 0 aliphatic rings. The van der Waals surface area contributed by atoms with Crippen LogP contribution >= 0.6 is 11.3 Å². The molecule has 0 aliphatic carbocycles. The number of phenols is 1. The maximum Gasteiger partial charge on any atom is 0.357 e. The highest BCUT2D eigenvalue weighted by Gasteiger charge is 2.20. The topological polar surface area (TPSA) is 232 Å². The monoisotopic (exact) mass is 688 g/mol. The Morgan fingerprint density at radius 1 is 0.792 bits per heavy atom. The number of phenolic OH excluding ortho intramolecular Hbond substituents is 1. The summed E-state index contributed by atoms with van der Waals surface area (Å²) in [6.07, 6.45) is 2.04. The lowest BCUT2D eigenvalue weighted by Crippen LogP contribution is -2.28. The first kappa shape index (κ1) is 42.1. The maximum atomic E-state index is 11.2. The van der Waals surface area contributed by atoms with E-state index in [-0.39, 0.29) is 35.5 Å². The summed E-state index contributed by atoms with van der Waals surface area (Å²) in [7, 11) is 1.30. The van der Waals surface area contributed by atoms with E-state index in [0.717, 1.165) is 17.5 Å². The Balaban J connectivity index is 0.000000361. The normalized spacial score (nSPS) is 14.5. The third-order valence-electron chi connectivity index (χ3n) is 7.48. The van der Waals surface area contributed by atoms with E-state index in [2.05, 4.69) is 9.72 Å². The van der Waals surface area contributed by atoms with Crippen LogP contribution in [0.3, 0.4) is 0 Å². The second kappa shape index (κ2) is 21.9. The van der Waals surface area contributed by atoms with Crippen molar-refractivity contribution < 1.29 is 39.5 Å². The van der Waals surface area contributed by atoms with E-state index in [4.69, 9.17) is 32.5 Å². The molecule has 12 nitrogen and oxygen atoms in total. The number of ether oxygens (including phenoxy) is 1. The smallest absolute Gasteiger partial charge is 0.357 e. The summed E-state index contributed by atoms with van der Waals surface area (Å²) in [4.78, 5) is 36.5. The van der Waals surface area contributed by atoms with Crippen molar-refractivity contribution >= 4 is 29.2 Å². The minimum atomic E-state index is -0.818. The van der Waals surface area contributed by atoms with Gasteiger partial charge in [0.25, 0.3) is 0 Å². The van der Waals surface area contributed by atoms with Crippen LogP contribution in [0.4, 0.5) is 0 Å². The van der Waals surface area contributed by atoms with Gasteiger partial charge in [0.15, 0.2) is 5.69 Å². The Hall–Kier alpha value is -3.88. The number of hydrogen-bond acceptors (Lipinski definition) is 11. The van der Waals surface area contributed by atoms with Crippen molar-refractivity contribution in [3.8, 4) is 5.75 Å². The van der Waals surface area contributed by atoms with Gasteiger partial charge < -0.3 is 42.4 Å². The molecule has 13 heteroatoms. The van der Waals surface area contributed by atoms with E-state index >= 15 is 0 Å². The van der Waals surface area contributed by atoms with E-state index in [1.165, 1.54) is 18.4 Å². The van der Waals surface area contributed by atoms with Gasteiger partial charge in [-0.25, -0.2) is 9.78 Å². The summed E-state index contributed by atoms with van der Waals surface area (Å²) in [5.41, 5.74) is 20.0. The minimum absolute atomic E-state index is 0.0847. The van der Waals surface area contributed by atoms with E-state index in [1.807, 2.05) is 44.2 Å². The zero-order chi connectivity index (χ0) is 36.4. The molecule has 3 rings (SSSR count). The fourth-order valence-electron chi connectivity index (χ4n) is 4.40. The molecule has 3 aromatic rings. The predicted molar refractivity (Wildman–Crippen MR) is 187 cm³/mol. The number of esters is 1. The van der Waals surface area contributed by atoms with E-state index in [0.29, 0.717) is 36.6 Å². The fourth-order valence-corrected chi connectivity index (χ4v) is 5.18. The van der Waals surface area contributed by atoms with Gasteiger partial charge >= 0.3 is 17.9 Å². The molecule has 1 heterocycles. The number of carboxylic acids is 2. The van der Waals surface area contributed by atoms with Crippen LogP contribution in [0.1, 0.15) is 79.7 Å². The molecule has 48 heavy (non-hydrogen) atoms. The molecular weight excluding hydrogens is 636 g/mol. The lowest BCUT2D eigenvalue weighted by molar-refractivity contribution is -0.142. The number of carbonyl (C=O) groups is 3. The summed E-state index contributed by atoms with van der Waals surface area (Å²) in [5, 5.41) is 38.6. The van der Waals surface area contributed by atoms with Crippen LogP contribution in [0.5, 0.6) is 5.75 Å². The third-order valence-corrected chi connectivity index (χ3v) is 8.43. The summed E-state index contributed by atoms with van der Waals surface area (Å²) >= 11 is 1.24. The van der Waals surface area contributed by atoms with Crippen LogP contribution in [0.2, 0.25) is 0 Å². The number of nitrogens with two attached hydrogens (primary N) is 3. The van der Waals surface area contributed by atoms with Crippen molar-refractivity contribution in [2.45, 2.75) is 84.0 Å². The zero-order valence-corrected chi connectivity index (χ0v) is 29.2. The standard InChI is InChI=1S/C12H17NO3.C12H17NO2.C11H18N2O3S/c1-8(12(15)16)6-10(13)7-9-2-4-11(14)5-3-9;1-9(12(14)15)7-11(13)8-10-5-3-2-4-6-10;1-6(2)7(12)4-9(14)10-13-8(5-17-10)11(15)16-3/h2-5,8,10,14H,6-7,13H2,1H3,(H,15,16);2-6,9,11H,7-8,13H2,1H3,(H,14,15);5-7,9,14H,4,12H2,1-3H3/t8-,10+;9-,11+;7-,9-/m001/s1. The average molecular weight is 689 g/mol. The van der Waals surface area contributed by atoms with Crippen molar-refractivity contribution in [1.82, 2.24) is 4.98 Å². The number of aromatic nitrogens is 1. The molecule has 0 fully saturated rings. The highest BCUT2D eigenvalue weighted by atomic mass is 32.1. The Labute approximate surface area is 287 Å². The number of nitrogens with zero attached hydrogens (tertiary/aromatic N) is 1. The Morgan fingerprint density at radius 3 is 1.71 bits per heavy atom. The number of aliphatic carboxylic acids is 2. The van der Waals surface area contributed by atoms with Gasteiger partial charge in [-0.05, 0) is 61.3 Å². The van der Waals surface area contributed by atoms with Gasteiger partial charge in [-0.3, -0.25) is 9.59 Å². The Kier molecular flexibility index (Phi) is 19.2. The molecule has 0 amide bonds.